The van der Waals surface area contributed by atoms with Gasteiger partial charge in [-0.2, -0.15) is 0 Å². The molecular weight excluding hydrogens is 312 g/mol. The fourth-order valence-corrected chi connectivity index (χ4v) is 4.09. The van der Waals surface area contributed by atoms with Gasteiger partial charge in [-0.3, -0.25) is 10.1 Å². The van der Waals surface area contributed by atoms with Crippen LogP contribution in [0.3, 0.4) is 0 Å². The van der Waals surface area contributed by atoms with Crippen molar-refractivity contribution >= 4 is 22.9 Å². The van der Waals surface area contributed by atoms with E-state index in [9.17, 15) is 4.79 Å². The van der Waals surface area contributed by atoms with E-state index in [-0.39, 0.29) is 5.91 Å². The number of benzene rings is 1. The van der Waals surface area contributed by atoms with Gasteiger partial charge in [0.1, 0.15) is 0 Å². The number of amides is 1. The Balaban J connectivity index is 1.59. The predicted octanol–water partition coefficient (Wildman–Crippen LogP) is 4.74. The lowest BCUT2D eigenvalue weighted by Crippen LogP contribution is -2.17. The number of fused-ring (bicyclic) bond motifs is 1. The molecule has 1 aliphatic carbocycles. The summed E-state index contributed by atoms with van der Waals surface area (Å²) in [7, 11) is 0. The van der Waals surface area contributed by atoms with E-state index in [0.29, 0.717) is 12.0 Å². The summed E-state index contributed by atoms with van der Waals surface area (Å²) in [5.41, 5.74) is 4.73. The molecule has 1 aliphatic rings. The molecule has 1 fully saturated rings. The zero-order valence-electron chi connectivity index (χ0n) is 14.8. The van der Waals surface area contributed by atoms with Crippen LogP contribution in [-0.2, 0) is 0 Å². The minimum Gasteiger partial charge on any atom is -0.345 e. The monoisotopic (exact) mass is 336 g/mol. The summed E-state index contributed by atoms with van der Waals surface area (Å²) in [6.45, 7) is 4.15. The average Bonchev–Trinajstić information content (AvgIpc) is 3.15. The van der Waals surface area contributed by atoms with Gasteiger partial charge in [0.25, 0.3) is 5.91 Å². The van der Waals surface area contributed by atoms with Crippen LogP contribution >= 0.6 is 0 Å². The van der Waals surface area contributed by atoms with Gasteiger partial charge in [0.05, 0.1) is 16.6 Å². The molecule has 1 aromatic carbocycles. The fourth-order valence-electron chi connectivity index (χ4n) is 4.09. The first kappa shape index (κ1) is 15.9. The van der Waals surface area contributed by atoms with E-state index in [0.717, 1.165) is 22.3 Å². The normalized spacial score (nSPS) is 15.6. The highest BCUT2D eigenvalue weighted by Gasteiger charge is 2.23. The maximum absolute atomic E-state index is 12.8. The number of nitrogens with zero attached hydrogens (tertiary/aromatic N) is 2. The third-order valence-corrected chi connectivity index (χ3v) is 5.29. The Morgan fingerprint density at radius 2 is 1.96 bits per heavy atom. The number of H-pyrrole nitrogens is 1. The molecule has 0 atom stereocenters. The molecule has 4 rings (SSSR count). The highest BCUT2D eigenvalue weighted by atomic mass is 16.1. The molecule has 1 amide bonds. The van der Waals surface area contributed by atoms with Crippen LogP contribution in [0.1, 0.15) is 59.9 Å². The summed E-state index contributed by atoms with van der Waals surface area (Å²) in [6, 6.07) is 10.3. The van der Waals surface area contributed by atoms with Gasteiger partial charge in [-0.05, 0) is 44.9 Å². The molecule has 0 aliphatic heterocycles. The lowest BCUT2D eigenvalue weighted by Gasteiger charge is -2.26. The van der Waals surface area contributed by atoms with Crippen molar-refractivity contribution in [2.24, 2.45) is 0 Å². The Hall–Kier alpha value is -2.56. The molecule has 2 heterocycles. The van der Waals surface area contributed by atoms with Gasteiger partial charge in [0.15, 0.2) is 0 Å². The zero-order chi connectivity index (χ0) is 17.4. The predicted molar refractivity (Wildman–Crippen MR) is 100 cm³/mol. The Bertz CT molecular complexity index is 882. The van der Waals surface area contributed by atoms with Crippen LogP contribution in [0, 0.1) is 13.8 Å². The summed E-state index contributed by atoms with van der Waals surface area (Å²) < 4.78 is 2.35. The van der Waals surface area contributed by atoms with Gasteiger partial charge < -0.3 is 9.55 Å². The van der Waals surface area contributed by atoms with Crippen molar-refractivity contribution in [3.63, 3.8) is 0 Å². The number of carbonyl (C=O) groups is 1. The molecule has 0 unspecified atom stereocenters. The molecule has 2 aromatic heterocycles. The lowest BCUT2D eigenvalue weighted by atomic mass is 9.95. The Morgan fingerprint density at radius 1 is 1.20 bits per heavy atom. The summed E-state index contributed by atoms with van der Waals surface area (Å²) >= 11 is 0. The first-order valence-electron chi connectivity index (χ1n) is 9.08. The molecular formula is C20H24N4O. The van der Waals surface area contributed by atoms with Crippen molar-refractivity contribution in [3.8, 4) is 0 Å². The summed E-state index contributed by atoms with van der Waals surface area (Å²) in [5.74, 6) is 0.392. The number of carbonyl (C=O) groups excluding carboxylic acids is 1. The van der Waals surface area contributed by atoms with Crippen LogP contribution in [0.25, 0.3) is 11.0 Å². The fraction of sp³-hybridized carbons (Fsp3) is 0.400. The Kier molecular flexibility index (Phi) is 4.07. The number of aryl methyl sites for hydroxylation is 1. The third-order valence-electron chi connectivity index (χ3n) is 5.29. The summed E-state index contributed by atoms with van der Waals surface area (Å²) in [6.07, 6.45) is 6.31. The van der Waals surface area contributed by atoms with Crippen LogP contribution in [0.2, 0.25) is 0 Å². The molecule has 2 N–H and O–H groups in total. The van der Waals surface area contributed by atoms with Gasteiger partial charge in [-0.1, -0.05) is 31.4 Å². The third kappa shape index (κ3) is 2.95. The number of anilines is 1. The molecule has 0 saturated heterocycles. The first-order valence-corrected chi connectivity index (χ1v) is 9.08. The Morgan fingerprint density at radius 3 is 2.72 bits per heavy atom. The number of para-hydroxylation sites is 2. The molecule has 0 bridgehead atoms. The van der Waals surface area contributed by atoms with Crippen LogP contribution < -0.4 is 5.32 Å². The molecule has 5 nitrogen and oxygen atoms in total. The van der Waals surface area contributed by atoms with Gasteiger partial charge in [-0.15, -0.1) is 0 Å². The molecule has 1 saturated carbocycles. The molecule has 0 spiro atoms. The highest BCUT2D eigenvalue weighted by Crippen LogP contribution is 2.32. The minimum atomic E-state index is -0.103. The minimum absolute atomic E-state index is 0.103. The number of nitrogens with one attached hydrogen (secondary N) is 2. The van der Waals surface area contributed by atoms with Gasteiger partial charge in [0, 0.05) is 17.4 Å². The Labute approximate surface area is 147 Å². The maximum Gasteiger partial charge on any atom is 0.259 e. The second kappa shape index (κ2) is 6.39. The smallest absolute Gasteiger partial charge is 0.259 e. The number of aromatic amines is 1. The number of imidazole rings is 1. The molecule has 5 heteroatoms. The highest BCUT2D eigenvalue weighted by molar-refractivity contribution is 6.05. The van der Waals surface area contributed by atoms with Crippen LogP contribution in [0.5, 0.6) is 0 Å². The molecule has 130 valence electrons. The second-order valence-corrected chi connectivity index (χ2v) is 7.00. The topological polar surface area (TPSA) is 62.7 Å². The second-order valence-electron chi connectivity index (χ2n) is 7.00. The van der Waals surface area contributed by atoms with Crippen molar-refractivity contribution in [1.82, 2.24) is 14.5 Å². The number of rotatable bonds is 3. The first-order chi connectivity index (χ1) is 12.1. The SMILES string of the molecule is Cc1cc(C(=O)Nc2nc3ccccc3[nH]2)c(C)n1C1CCCCC1. The van der Waals surface area contributed by atoms with Crippen molar-refractivity contribution in [2.45, 2.75) is 52.0 Å². The van der Waals surface area contributed by atoms with Gasteiger partial charge >= 0.3 is 0 Å². The summed E-state index contributed by atoms with van der Waals surface area (Å²) in [5, 5.41) is 2.91. The average molecular weight is 336 g/mol. The lowest BCUT2D eigenvalue weighted by molar-refractivity contribution is 0.102. The quantitative estimate of drug-likeness (QED) is 0.726. The van der Waals surface area contributed by atoms with E-state index in [4.69, 9.17) is 0 Å². The van der Waals surface area contributed by atoms with Crippen LogP contribution in [0.15, 0.2) is 30.3 Å². The van der Waals surface area contributed by atoms with E-state index < -0.39 is 0 Å². The van der Waals surface area contributed by atoms with Crippen molar-refractivity contribution in [2.75, 3.05) is 5.32 Å². The van der Waals surface area contributed by atoms with E-state index in [1.807, 2.05) is 30.3 Å². The zero-order valence-corrected chi connectivity index (χ0v) is 14.8. The molecule has 25 heavy (non-hydrogen) atoms. The number of hydrogen-bond acceptors (Lipinski definition) is 2. The van der Waals surface area contributed by atoms with Gasteiger partial charge in [-0.25, -0.2) is 4.98 Å². The van der Waals surface area contributed by atoms with E-state index in [1.54, 1.807) is 0 Å². The maximum atomic E-state index is 12.8. The molecule has 0 radical (unpaired) electrons. The van der Waals surface area contributed by atoms with E-state index in [2.05, 4.69) is 33.7 Å². The van der Waals surface area contributed by atoms with Crippen LogP contribution in [-0.4, -0.2) is 20.4 Å². The largest absolute Gasteiger partial charge is 0.345 e. The standard InChI is InChI=1S/C20H24N4O/c1-13-12-16(14(2)24(13)15-8-4-3-5-9-15)19(25)23-20-21-17-10-6-7-11-18(17)22-20/h6-7,10-12,15H,3-5,8-9H2,1-2H3,(H2,21,22,23,25). The van der Waals surface area contributed by atoms with E-state index >= 15 is 0 Å². The van der Waals surface area contributed by atoms with Crippen molar-refractivity contribution in [3.05, 3.63) is 47.3 Å². The molecule has 3 aromatic rings. The van der Waals surface area contributed by atoms with Gasteiger partial charge in [0.2, 0.25) is 5.95 Å². The van der Waals surface area contributed by atoms with Crippen molar-refractivity contribution in [1.29, 1.82) is 0 Å². The number of hydrogen-bond donors (Lipinski definition) is 2. The van der Waals surface area contributed by atoms with Crippen molar-refractivity contribution < 1.29 is 4.79 Å². The van der Waals surface area contributed by atoms with Crippen LogP contribution in [0.4, 0.5) is 5.95 Å². The number of aromatic nitrogens is 3. The summed E-state index contributed by atoms with van der Waals surface area (Å²) in [4.78, 5) is 20.4. The van der Waals surface area contributed by atoms with E-state index in [1.165, 1.54) is 37.8 Å².